The lowest BCUT2D eigenvalue weighted by atomic mass is 10.1. The lowest BCUT2D eigenvalue weighted by molar-refractivity contribution is 0.122. The highest BCUT2D eigenvalue weighted by atomic mass is 35.5. The number of aromatic nitrogens is 3. The minimum absolute atomic E-state index is 0.361. The standard InChI is InChI=1S/C22H24ClN7O/c1-15-3-9-19(10-4-15)24-20-25-21(27-22(26-20)30-11-13-31-14-12-30)29-28-16(2)17-5-7-18(23)8-6-17/h3-10H,11-14H2,1-2H3,(H2,24,25,26,27,29)/b28-16+. The van der Waals surface area contributed by atoms with E-state index in [1.807, 2.05) is 62.4 Å². The molecule has 1 aliphatic heterocycles. The second kappa shape index (κ2) is 9.72. The second-order valence-electron chi connectivity index (χ2n) is 7.19. The van der Waals surface area contributed by atoms with Gasteiger partial charge in [0.05, 0.1) is 18.9 Å². The van der Waals surface area contributed by atoms with E-state index in [0.717, 1.165) is 30.1 Å². The molecule has 160 valence electrons. The van der Waals surface area contributed by atoms with Crippen molar-refractivity contribution in [3.05, 3.63) is 64.7 Å². The fraction of sp³-hybridized carbons (Fsp3) is 0.273. The van der Waals surface area contributed by atoms with Crippen molar-refractivity contribution in [3.63, 3.8) is 0 Å². The summed E-state index contributed by atoms with van der Waals surface area (Å²) in [7, 11) is 0. The van der Waals surface area contributed by atoms with Gasteiger partial charge in [0.15, 0.2) is 0 Å². The first-order valence-corrected chi connectivity index (χ1v) is 10.4. The van der Waals surface area contributed by atoms with E-state index in [9.17, 15) is 0 Å². The summed E-state index contributed by atoms with van der Waals surface area (Å²) < 4.78 is 5.45. The van der Waals surface area contributed by atoms with Crippen LogP contribution in [0, 0.1) is 6.92 Å². The molecule has 2 aromatic carbocycles. The van der Waals surface area contributed by atoms with Crippen molar-refractivity contribution < 1.29 is 4.74 Å². The van der Waals surface area contributed by atoms with E-state index in [1.165, 1.54) is 5.56 Å². The van der Waals surface area contributed by atoms with Gasteiger partial charge < -0.3 is 15.0 Å². The molecule has 0 aliphatic carbocycles. The highest BCUT2D eigenvalue weighted by Crippen LogP contribution is 2.19. The van der Waals surface area contributed by atoms with E-state index in [2.05, 4.69) is 35.7 Å². The van der Waals surface area contributed by atoms with E-state index >= 15 is 0 Å². The molecule has 4 rings (SSSR count). The number of anilines is 4. The van der Waals surface area contributed by atoms with Gasteiger partial charge in [-0.3, -0.25) is 0 Å². The van der Waals surface area contributed by atoms with Gasteiger partial charge in [-0.05, 0) is 43.7 Å². The van der Waals surface area contributed by atoms with Crippen LogP contribution < -0.4 is 15.6 Å². The van der Waals surface area contributed by atoms with Gasteiger partial charge in [-0.2, -0.15) is 20.1 Å². The molecule has 1 aromatic heterocycles. The van der Waals surface area contributed by atoms with Crippen LogP contribution >= 0.6 is 11.6 Å². The number of rotatable bonds is 6. The fourth-order valence-corrected chi connectivity index (χ4v) is 3.16. The minimum Gasteiger partial charge on any atom is -0.378 e. The van der Waals surface area contributed by atoms with Gasteiger partial charge in [0, 0.05) is 23.8 Å². The summed E-state index contributed by atoms with van der Waals surface area (Å²) in [6, 6.07) is 15.5. The monoisotopic (exact) mass is 437 g/mol. The van der Waals surface area contributed by atoms with Gasteiger partial charge in [0.2, 0.25) is 17.8 Å². The fourth-order valence-electron chi connectivity index (χ4n) is 3.03. The number of morpholine rings is 1. The van der Waals surface area contributed by atoms with E-state index in [-0.39, 0.29) is 0 Å². The van der Waals surface area contributed by atoms with E-state index < -0.39 is 0 Å². The first kappa shape index (κ1) is 21.0. The lowest BCUT2D eigenvalue weighted by Crippen LogP contribution is -2.37. The van der Waals surface area contributed by atoms with Crippen LogP contribution in [0.4, 0.5) is 23.5 Å². The van der Waals surface area contributed by atoms with Crippen LogP contribution in [-0.4, -0.2) is 47.0 Å². The summed E-state index contributed by atoms with van der Waals surface area (Å²) in [4.78, 5) is 15.7. The van der Waals surface area contributed by atoms with Crippen molar-refractivity contribution in [1.29, 1.82) is 0 Å². The number of hydrogen-bond donors (Lipinski definition) is 2. The maximum absolute atomic E-state index is 5.97. The molecule has 8 nitrogen and oxygen atoms in total. The molecular weight excluding hydrogens is 414 g/mol. The smallest absolute Gasteiger partial charge is 0.250 e. The Morgan fingerprint density at radius 1 is 0.968 bits per heavy atom. The number of ether oxygens (including phenoxy) is 1. The summed E-state index contributed by atoms with van der Waals surface area (Å²) in [6.07, 6.45) is 0. The Morgan fingerprint density at radius 2 is 1.65 bits per heavy atom. The topological polar surface area (TPSA) is 87.6 Å². The molecule has 0 bridgehead atoms. The van der Waals surface area contributed by atoms with Crippen molar-refractivity contribution in [3.8, 4) is 0 Å². The number of aryl methyl sites for hydroxylation is 1. The zero-order valence-electron chi connectivity index (χ0n) is 17.5. The van der Waals surface area contributed by atoms with E-state index in [0.29, 0.717) is 36.1 Å². The number of nitrogens with one attached hydrogen (secondary N) is 2. The Bertz CT molecular complexity index is 1050. The summed E-state index contributed by atoms with van der Waals surface area (Å²) in [5.74, 6) is 1.39. The first-order valence-electron chi connectivity index (χ1n) is 10.1. The Balaban J connectivity index is 1.59. The summed E-state index contributed by atoms with van der Waals surface area (Å²) in [5, 5.41) is 8.38. The third-order valence-corrected chi connectivity index (χ3v) is 5.06. The molecule has 1 saturated heterocycles. The zero-order chi connectivity index (χ0) is 21.6. The number of hydrazone groups is 1. The first-order chi connectivity index (χ1) is 15.1. The molecule has 1 aliphatic rings. The second-order valence-corrected chi connectivity index (χ2v) is 7.63. The number of halogens is 1. The molecule has 0 saturated carbocycles. The zero-order valence-corrected chi connectivity index (χ0v) is 18.2. The lowest BCUT2D eigenvalue weighted by Gasteiger charge is -2.27. The molecule has 0 unspecified atom stereocenters. The maximum Gasteiger partial charge on any atom is 0.250 e. The van der Waals surface area contributed by atoms with Crippen molar-refractivity contribution in [1.82, 2.24) is 15.0 Å². The van der Waals surface area contributed by atoms with Crippen LogP contribution in [-0.2, 0) is 4.74 Å². The number of benzene rings is 2. The third kappa shape index (κ3) is 5.68. The van der Waals surface area contributed by atoms with Crippen LogP contribution in [0.2, 0.25) is 5.02 Å². The Kier molecular flexibility index (Phi) is 6.59. The SMILES string of the molecule is C/C(=N\Nc1nc(Nc2ccc(C)cc2)nc(N2CCOCC2)n1)c1ccc(Cl)cc1. The van der Waals surface area contributed by atoms with Crippen molar-refractivity contribution in [2.45, 2.75) is 13.8 Å². The molecule has 3 aromatic rings. The molecule has 1 fully saturated rings. The third-order valence-electron chi connectivity index (χ3n) is 4.81. The largest absolute Gasteiger partial charge is 0.378 e. The summed E-state index contributed by atoms with van der Waals surface area (Å²) in [6.45, 7) is 6.69. The normalized spacial score (nSPS) is 14.4. The predicted molar refractivity (Wildman–Crippen MR) is 125 cm³/mol. The highest BCUT2D eigenvalue weighted by molar-refractivity contribution is 6.30. The van der Waals surface area contributed by atoms with Gasteiger partial charge in [-0.25, -0.2) is 5.43 Å². The number of nitrogens with zero attached hydrogens (tertiary/aromatic N) is 5. The Labute approximate surface area is 186 Å². The van der Waals surface area contributed by atoms with Crippen LogP contribution in [0.3, 0.4) is 0 Å². The molecule has 0 atom stereocenters. The highest BCUT2D eigenvalue weighted by Gasteiger charge is 2.17. The van der Waals surface area contributed by atoms with E-state index in [4.69, 9.17) is 16.3 Å². The molecule has 0 amide bonds. The van der Waals surface area contributed by atoms with Gasteiger partial charge in [-0.1, -0.05) is 41.4 Å². The Morgan fingerprint density at radius 3 is 2.35 bits per heavy atom. The molecule has 2 heterocycles. The van der Waals surface area contributed by atoms with Gasteiger partial charge in [-0.15, -0.1) is 0 Å². The summed E-state index contributed by atoms with van der Waals surface area (Å²) >= 11 is 5.97. The van der Waals surface area contributed by atoms with Crippen molar-refractivity contribution in [2.24, 2.45) is 5.10 Å². The van der Waals surface area contributed by atoms with E-state index in [1.54, 1.807) is 0 Å². The Hall–Kier alpha value is -3.23. The van der Waals surface area contributed by atoms with Crippen molar-refractivity contribution >= 4 is 40.8 Å². The van der Waals surface area contributed by atoms with Crippen LogP contribution in [0.15, 0.2) is 53.6 Å². The average molecular weight is 438 g/mol. The summed E-state index contributed by atoms with van der Waals surface area (Å²) in [5.41, 5.74) is 6.80. The minimum atomic E-state index is 0.361. The number of hydrogen-bond acceptors (Lipinski definition) is 8. The molecule has 0 radical (unpaired) electrons. The molecule has 2 N–H and O–H groups in total. The molecule has 31 heavy (non-hydrogen) atoms. The predicted octanol–water partition coefficient (Wildman–Crippen LogP) is 4.25. The van der Waals surface area contributed by atoms with Gasteiger partial charge >= 0.3 is 0 Å². The molecule has 0 spiro atoms. The van der Waals surface area contributed by atoms with Gasteiger partial charge in [0.1, 0.15) is 0 Å². The molecular formula is C22H24ClN7O. The van der Waals surface area contributed by atoms with Gasteiger partial charge in [0.25, 0.3) is 0 Å². The average Bonchev–Trinajstić information content (AvgIpc) is 2.80. The van der Waals surface area contributed by atoms with Crippen LogP contribution in [0.25, 0.3) is 0 Å². The van der Waals surface area contributed by atoms with Crippen LogP contribution in [0.1, 0.15) is 18.1 Å². The molecule has 9 heteroatoms. The maximum atomic E-state index is 5.97. The van der Waals surface area contributed by atoms with Crippen LogP contribution in [0.5, 0.6) is 0 Å². The van der Waals surface area contributed by atoms with Crippen molar-refractivity contribution in [2.75, 3.05) is 41.9 Å². The quantitative estimate of drug-likeness (QED) is 0.440.